The van der Waals surface area contributed by atoms with Crippen LogP contribution in [0.4, 0.5) is 4.39 Å². The number of nitrogens with one attached hydrogen (secondary N) is 1. The minimum atomic E-state index is -0.187. The monoisotopic (exact) mass is 293 g/mol. The third kappa shape index (κ3) is 4.65. The number of nitrogens with zero attached hydrogens (tertiary/aromatic N) is 2. The van der Waals surface area contributed by atoms with Gasteiger partial charge in [0.15, 0.2) is 0 Å². The molecule has 0 fully saturated rings. The van der Waals surface area contributed by atoms with E-state index in [1.165, 1.54) is 17.7 Å². The molecule has 1 heterocycles. The minimum Gasteiger partial charge on any atom is -0.313 e. The summed E-state index contributed by atoms with van der Waals surface area (Å²) < 4.78 is 14.7. The fourth-order valence-corrected chi connectivity index (χ4v) is 3.03. The highest BCUT2D eigenvalue weighted by Gasteiger charge is 2.10. The second kappa shape index (κ2) is 7.45. The van der Waals surface area contributed by atoms with E-state index in [2.05, 4.69) is 17.3 Å². The number of benzene rings is 1. The topological polar surface area (TPSA) is 29.9 Å². The van der Waals surface area contributed by atoms with E-state index in [1.54, 1.807) is 11.8 Å². The number of halogens is 1. The number of aryl methyl sites for hydroxylation is 1. The maximum atomic E-state index is 12.9. The zero-order valence-electron chi connectivity index (χ0n) is 11.8. The molecule has 0 amide bonds. The summed E-state index contributed by atoms with van der Waals surface area (Å²) >= 11 is 1.75. The van der Waals surface area contributed by atoms with Gasteiger partial charge in [-0.15, -0.1) is 11.8 Å². The number of rotatable bonds is 7. The molecule has 0 radical (unpaired) electrons. The minimum absolute atomic E-state index is 0.187. The summed E-state index contributed by atoms with van der Waals surface area (Å²) in [5.41, 5.74) is 1.23. The third-order valence-electron chi connectivity index (χ3n) is 3.00. The number of likely N-dealkylation sites (N-methyl/N-ethyl adjacent to an activating group) is 1. The second-order valence-corrected chi connectivity index (χ2v) is 5.84. The van der Waals surface area contributed by atoms with Crippen molar-refractivity contribution in [1.82, 2.24) is 15.1 Å². The molecule has 1 atom stereocenters. The summed E-state index contributed by atoms with van der Waals surface area (Å²) in [6.07, 6.45) is 4.91. The first kappa shape index (κ1) is 15.1. The van der Waals surface area contributed by atoms with Crippen molar-refractivity contribution in [3.8, 4) is 0 Å². The van der Waals surface area contributed by atoms with Gasteiger partial charge in [-0.1, -0.05) is 6.92 Å². The van der Waals surface area contributed by atoms with E-state index in [4.69, 9.17) is 0 Å². The summed E-state index contributed by atoms with van der Waals surface area (Å²) in [4.78, 5) is 1.10. The highest BCUT2D eigenvalue weighted by Crippen LogP contribution is 2.20. The standard InChI is InChI=1S/C15H20FN3S/c1-3-17-14(8-12-9-18-19(2)10-12)11-20-15-6-4-13(16)5-7-15/h4-7,9-10,14,17H,3,8,11H2,1-2H3. The van der Waals surface area contributed by atoms with Gasteiger partial charge in [0.25, 0.3) is 0 Å². The molecule has 0 aliphatic heterocycles. The van der Waals surface area contributed by atoms with Crippen molar-refractivity contribution < 1.29 is 4.39 Å². The predicted molar refractivity (Wildman–Crippen MR) is 81.5 cm³/mol. The van der Waals surface area contributed by atoms with Crippen molar-refractivity contribution in [2.24, 2.45) is 7.05 Å². The summed E-state index contributed by atoms with van der Waals surface area (Å²) in [5, 5.41) is 7.69. The molecule has 108 valence electrons. The summed E-state index contributed by atoms with van der Waals surface area (Å²) in [6, 6.07) is 7.05. The van der Waals surface area contributed by atoms with Gasteiger partial charge in [-0.25, -0.2) is 4.39 Å². The molecular formula is C15H20FN3S. The van der Waals surface area contributed by atoms with Crippen molar-refractivity contribution >= 4 is 11.8 Å². The molecule has 0 bridgehead atoms. The molecule has 2 rings (SSSR count). The summed E-state index contributed by atoms with van der Waals surface area (Å²) in [5.74, 6) is 0.766. The van der Waals surface area contributed by atoms with E-state index < -0.39 is 0 Å². The Hall–Kier alpha value is -1.33. The lowest BCUT2D eigenvalue weighted by Crippen LogP contribution is -2.33. The van der Waals surface area contributed by atoms with Crippen LogP contribution in [-0.4, -0.2) is 28.1 Å². The van der Waals surface area contributed by atoms with E-state index in [1.807, 2.05) is 36.3 Å². The quantitative estimate of drug-likeness (QED) is 0.796. The molecule has 3 nitrogen and oxygen atoms in total. The van der Waals surface area contributed by atoms with Gasteiger partial charge in [-0.05, 0) is 42.8 Å². The first-order valence-electron chi connectivity index (χ1n) is 6.76. The fraction of sp³-hybridized carbons (Fsp3) is 0.400. The zero-order chi connectivity index (χ0) is 14.4. The van der Waals surface area contributed by atoms with Gasteiger partial charge < -0.3 is 5.32 Å². The van der Waals surface area contributed by atoms with Crippen molar-refractivity contribution in [3.63, 3.8) is 0 Å². The second-order valence-electron chi connectivity index (χ2n) is 4.75. The van der Waals surface area contributed by atoms with Crippen LogP contribution in [-0.2, 0) is 13.5 Å². The Kier molecular flexibility index (Phi) is 5.61. The lowest BCUT2D eigenvalue weighted by atomic mass is 10.1. The van der Waals surface area contributed by atoms with Crippen LogP contribution in [0.15, 0.2) is 41.6 Å². The average Bonchev–Trinajstić information content (AvgIpc) is 2.83. The number of hydrogen-bond acceptors (Lipinski definition) is 3. The smallest absolute Gasteiger partial charge is 0.123 e. The normalized spacial score (nSPS) is 12.6. The van der Waals surface area contributed by atoms with E-state index in [9.17, 15) is 4.39 Å². The molecule has 20 heavy (non-hydrogen) atoms. The van der Waals surface area contributed by atoms with Gasteiger partial charge in [-0.3, -0.25) is 4.68 Å². The Morgan fingerprint density at radius 1 is 1.35 bits per heavy atom. The van der Waals surface area contributed by atoms with Crippen LogP contribution in [0.5, 0.6) is 0 Å². The molecule has 1 unspecified atom stereocenters. The van der Waals surface area contributed by atoms with E-state index in [0.29, 0.717) is 6.04 Å². The van der Waals surface area contributed by atoms with E-state index >= 15 is 0 Å². The van der Waals surface area contributed by atoms with Gasteiger partial charge in [0.05, 0.1) is 6.20 Å². The van der Waals surface area contributed by atoms with Gasteiger partial charge in [0, 0.05) is 29.9 Å². The largest absolute Gasteiger partial charge is 0.313 e. The third-order valence-corrected chi connectivity index (χ3v) is 4.17. The number of hydrogen-bond donors (Lipinski definition) is 1. The molecule has 0 aliphatic carbocycles. The van der Waals surface area contributed by atoms with E-state index in [0.717, 1.165) is 23.6 Å². The Morgan fingerprint density at radius 2 is 2.10 bits per heavy atom. The molecule has 0 saturated carbocycles. The average molecular weight is 293 g/mol. The Balaban J connectivity index is 1.90. The SMILES string of the molecule is CCNC(CSc1ccc(F)cc1)Cc1cnn(C)c1. The lowest BCUT2D eigenvalue weighted by molar-refractivity contribution is 0.572. The Bertz CT molecular complexity index is 524. The molecule has 0 aliphatic rings. The highest BCUT2D eigenvalue weighted by molar-refractivity contribution is 7.99. The predicted octanol–water partition coefficient (Wildman–Crippen LogP) is 2.87. The van der Waals surface area contributed by atoms with Crippen LogP contribution in [0.1, 0.15) is 12.5 Å². The zero-order valence-corrected chi connectivity index (χ0v) is 12.7. The molecule has 5 heteroatoms. The van der Waals surface area contributed by atoms with Crippen LogP contribution in [0, 0.1) is 5.82 Å². The van der Waals surface area contributed by atoms with Gasteiger partial charge in [-0.2, -0.15) is 5.10 Å². The Labute approximate surface area is 123 Å². The highest BCUT2D eigenvalue weighted by atomic mass is 32.2. The maximum absolute atomic E-state index is 12.9. The maximum Gasteiger partial charge on any atom is 0.123 e. The van der Waals surface area contributed by atoms with Gasteiger partial charge >= 0.3 is 0 Å². The van der Waals surface area contributed by atoms with Crippen molar-refractivity contribution in [3.05, 3.63) is 48.0 Å². The molecule has 1 aromatic carbocycles. The van der Waals surface area contributed by atoms with Crippen LogP contribution in [0.3, 0.4) is 0 Å². The van der Waals surface area contributed by atoms with Gasteiger partial charge in [0.1, 0.15) is 5.82 Å². The van der Waals surface area contributed by atoms with Crippen molar-refractivity contribution in [1.29, 1.82) is 0 Å². The first-order valence-corrected chi connectivity index (χ1v) is 7.75. The number of thioether (sulfide) groups is 1. The molecule has 0 spiro atoms. The fourth-order valence-electron chi connectivity index (χ4n) is 2.07. The lowest BCUT2D eigenvalue weighted by Gasteiger charge is -2.16. The van der Waals surface area contributed by atoms with Crippen LogP contribution in [0.25, 0.3) is 0 Å². The molecule has 1 N–H and O–H groups in total. The molecule has 2 aromatic rings. The Morgan fingerprint density at radius 3 is 2.70 bits per heavy atom. The van der Waals surface area contributed by atoms with Crippen LogP contribution < -0.4 is 5.32 Å². The van der Waals surface area contributed by atoms with Crippen molar-refractivity contribution in [2.75, 3.05) is 12.3 Å². The summed E-state index contributed by atoms with van der Waals surface area (Å²) in [6.45, 7) is 3.05. The molecular weight excluding hydrogens is 273 g/mol. The van der Waals surface area contributed by atoms with Crippen molar-refractivity contribution in [2.45, 2.75) is 24.3 Å². The molecule has 0 saturated heterocycles. The number of aromatic nitrogens is 2. The van der Waals surface area contributed by atoms with Crippen LogP contribution in [0.2, 0.25) is 0 Å². The summed E-state index contributed by atoms with van der Waals surface area (Å²) in [7, 11) is 1.93. The van der Waals surface area contributed by atoms with Gasteiger partial charge in [0.2, 0.25) is 0 Å². The first-order chi connectivity index (χ1) is 9.67. The van der Waals surface area contributed by atoms with Crippen LogP contribution >= 0.6 is 11.8 Å². The van der Waals surface area contributed by atoms with E-state index in [-0.39, 0.29) is 5.82 Å². The molecule has 1 aromatic heterocycles.